The molecule has 0 radical (unpaired) electrons. The van der Waals surface area contributed by atoms with Gasteiger partial charge in [0, 0.05) is 0 Å². The molecule has 0 saturated carbocycles. The molecule has 0 saturated heterocycles. The molecule has 0 amide bonds. The number of carboxylic acid groups (broad SMARTS) is 1. The third-order valence-corrected chi connectivity index (χ3v) is 2.45. The zero-order valence-electron chi connectivity index (χ0n) is 7.14. The van der Waals surface area contributed by atoms with Gasteiger partial charge in [-0.1, -0.05) is 34.1 Å². The molecule has 1 N–H and O–H groups in total. The summed E-state index contributed by atoms with van der Waals surface area (Å²) in [6, 6.07) is 0. The van der Waals surface area contributed by atoms with Crippen LogP contribution in [0.3, 0.4) is 0 Å². The molecule has 0 unspecified atom stereocenters. The fraction of sp³-hybridized carbons (Fsp3) is 0.875. The number of hydrogen-bond donors (Lipinski definition) is 1. The molecule has 0 fully saturated rings. The lowest BCUT2D eigenvalue weighted by Crippen LogP contribution is -2.27. The third-order valence-electron chi connectivity index (χ3n) is 2.45. The van der Waals surface area contributed by atoms with Crippen LogP contribution in [0.5, 0.6) is 0 Å². The minimum Gasteiger partial charge on any atom is -0.481 e. The van der Waals surface area contributed by atoms with Crippen LogP contribution < -0.4 is 0 Å². The second-order valence-corrected chi connectivity index (χ2v) is 3.40. The average Bonchev–Trinajstić information content (AvgIpc) is 1.86. The van der Waals surface area contributed by atoms with Gasteiger partial charge >= 0.3 is 5.97 Å². The van der Waals surface area contributed by atoms with Crippen molar-refractivity contribution in [3.05, 3.63) is 0 Å². The molecule has 0 aromatic carbocycles. The van der Waals surface area contributed by atoms with Crippen molar-refractivity contribution >= 4 is 5.97 Å². The van der Waals surface area contributed by atoms with E-state index in [1.54, 1.807) is 6.92 Å². The Hall–Kier alpha value is -0.530. The second kappa shape index (κ2) is 3.04. The maximum Gasteiger partial charge on any atom is 0.306 e. The Kier molecular flexibility index (Phi) is 2.88. The van der Waals surface area contributed by atoms with Crippen LogP contribution in [-0.4, -0.2) is 11.1 Å². The topological polar surface area (TPSA) is 37.3 Å². The van der Waals surface area contributed by atoms with E-state index in [9.17, 15) is 4.79 Å². The number of carboxylic acids is 1. The van der Waals surface area contributed by atoms with E-state index in [0.717, 1.165) is 6.42 Å². The normalized spacial score (nSPS) is 14.8. The molecule has 10 heavy (non-hydrogen) atoms. The maximum atomic E-state index is 10.5. The predicted octanol–water partition coefficient (Wildman–Crippen LogP) is 2.14. The van der Waals surface area contributed by atoms with Gasteiger partial charge in [-0.2, -0.15) is 0 Å². The molecule has 0 aliphatic rings. The van der Waals surface area contributed by atoms with Crippen LogP contribution in [0.4, 0.5) is 0 Å². The van der Waals surface area contributed by atoms with Crippen molar-refractivity contribution in [1.29, 1.82) is 0 Å². The second-order valence-electron chi connectivity index (χ2n) is 3.40. The lowest BCUT2D eigenvalue weighted by molar-refractivity contribution is -0.145. The van der Waals surface area contributed by atoms with Gasteiger partial charge < -0.3 is 5.11 Å². The first-order valence-corrected chi connectivity index (χ1v) is 3.64. The number of rotatable bonds is 3. The molecule has 0 spiro atoms. The molecule has 2 nitrogen and oxygen atoms in total. The summed E-state index contributed by atoms with van der Waals surface area (Å²) in [4.78, 5) is 10.5. The fourth-order valence-electron chi connectivity index (χ4n) is 0.640. The fourth-order valence-corrected chi connectivity index (χ4v) is 0.640. The van der Waals surface area contributed by atoms with E-state index in [2.05, 4.69) is 0 Å². The van der Waals surface area contributed by atoms with Gasteiger partial charge in [-0.25, -0.2) is 0 Å². The van der Waals surface area contributed by atoms with Crippen molar-refractivity contribution in [2.24, 2.45) is 11.3 Å². The Balaban J connectivity index is 4.17. The molecule has 1 atom stereocenters. The summed E-state index contributed by atoms with van der Waals surface area (Å²) in [6.07, 6.45) is 0.903. The Bertz CT molecular complexity index is 127. The van der Waals surface area contributed by atoms with Gasteiger partial charge in [0.1, 0.15) is 0 Å². The minimum atomic E-state index is -0.702. The summed E-state index contributed by atoms with van der Waals surface area (Å²) in [7, 11) is 0. The van der Waals surface area contributed by atoms with Gasteiger partial charge in [-0.3, -0.25) is 4.79 Å². The van der Waals surface area contributed by atoms with Crippen LogP contribution >= 0.6 is 0 Å². The smallest absolute Gasteiger partial charge is 0.306 e. The molecule has 0 bridgehead atoms. The lowest BCUT2D eigenvalue weighted by atomic mass is 9.78. The van der Waals surface area contributed by atoms with Crippen LogP contribution in [0, 0.1) is 11.3 Å². The first-order chi connectivity index (χ1) is 4.41. The zero-order chi connectivity index (χ0) is 8.36. The zero-order valence-corrected chi connectivity index (χ0v) is 7.14. The monoisotopic (exact) mass is 144 g/mol. The van der Waals surface area contributed by atoms with Gasteiger partial charge in [0.05, 0.1) is 5.92 Å². The Morgan fingerprint density at radius 2 is 2.00 bits per heavy atom. The molecule has 0 aromatic heterocycles. The molecule has 0 heterocycles. The molecule has 0 rings (SSSR count). The van der Waals surface area contributed by atoms with Crippen LogP contribution in [0.25, 0.3) is 0 Å². The van der Waals surface area contributed by atoms with Gasteiger partial charge in [-0.15, -0.1) is 0 Å². The number of hydrogen-bond acceptors (Lipinski definition) is 1. The highest BCUT2D eigenvalue weighted by atomic mass is 16.4. The Morgan fingerprint density at radius 1 is 1.60 bits per heavy atom. The van der Waals surface area contributed by atoms with Crippen LogP contribution in [0.2, 0.25) is 0 Å². The van der Waals surface area contributed by atoms with Crippen molar-refractivity contribution in [2.45, 2.75) is 34.1 Å². The van der Waals surface area contributed by atoms with E-state index in [0.29, 0.717) is 0 Å². The van der Waals surface area contributed by atoms with Gasteiger partial charge in [0.2, 0.25) is 0 Å². The van der Waals surface area contributed by atoms with E-state index in [4.69, 9.17) is 5.11 Å². The summed E-state index contributed by atoms with van der Waals surface area (Å²) >= 11 is 0. The summed E-state index contributed by atoms with van der Waals surface area (Å²) < 4.78 is 0. The molecule has 0 aliphatic heterocycles. The van der Waals surface area contributed by atoms with Gasteiger partial charge in [-0.05, 0) is 5.41 Å². The van der Waals surface area contributed by atoms with Crippen LogP contribution in [0.15, 0.2) is 0 Å². The molecular weight excluding hydrogens is 128 g/mol. The van der Waals surface area contributed by atoms with Crippen molar-refractivity contribution in [2.75, 3.05) is 0 Å². The third kappa shape index (κ3) is 2.01. The predicted molar refractivity (Wildman–Crippen MR) is 40.9 cm³/mol. The number of aliphatic carboxylic acids is 1. The molecule has 0 aliphatic carbocycles. The first-order valence-electron chi connectivity index (χ1n) is 3.64. The molecule has 60 valence electrons. The Labute approximate surface area is 62.2 Å². The molecular formula is C8H16O2. The summed E-state index contributed by atoms with van der Waals surface area (Å²) in [6.45, 7) is 7.73. The van der Waals surface area contributed by atoms with E-state index < -0.39 is 5.97 Å². The van der Waals surface area contributed by atoms with E-state index in [-0.39, 0.29) is 11.3 Å². The van der Waals surface area contributed by atoms with Gasteiger partial charge in [0.15, 0.2) is 0 Å². The maximum absolute atomic E-state index is 10.5. The molecule has 0 aromatic rings. The van der Waals surface area contributed by atoms with E-state index in [1.807, 2.05) is 20.8 Å². The summed E-state index contributed by atoms with van der Waals surface area (Å²) in [5, 5.41) is 8.65. The van der Waals surface area contributed by atoms with E-state index >= 15 is 0 Å². The number of carbonyl (C=O) groups is 1. The summed E-state index contributed by atoms with van der Waals surface area (Å²) in [5.74, 6) is -0.954. The highest BCUT2D eigenvalue weighted by Crippen LogP contribution is 2.29. The van der Waals surface area contributed by atoms with Crippen molar-refractivity contribution in [3.63, 3.8) is 0 Å². The highest BCUT2D eigenvalue weighted by molar-refractivity contribution is 5.70. The van der Waals surface area contributed by atoms with Crippen LogP contribution in [-0.2, 0) is 4.79 Å². The SMILES string of the molecule is CCC(C)(C)[C@@H](C)C(=O)O. The summed E-state index contributed by atoms with van der Waals surface area (Å²) in [5.41, 5.74) is -0.0775. The standard InChI is InChI=1S/C8H16O2/c1-5-8(3,4)6(2)7(9)10/h6H,5H2,1-4H3,(H,9,10)/t6-/m0/s1. The van der Waals surface area contributed by atoms with Crippen molar-refractivity contribution in [3.8, 4) is 0 Å². The van der Waals surface area contributed by atoms with Crippen molar-refractivity contribution in [1.82, 2.24) is 0 Å². The first kappa shape index (κ1) is 9.47. The Morgan fingerprint density at radius 3 is 2.10 bits per heavy atom. The largest absolute Gasteiger partial charge is 0.481 e. The average molecular weight is 144 g/mol. The van der Waals surface area contributed by atoms with E-state index in [1.165, 1.54) is 0 Å². The lowest BCUT2D eigenvalue weighted by Gasteiger charge is -2.26. The minimum absolute atomic E-state index is 0.0775. The highest BCUT2D eigenvalue weighted by Gasteiger charge is 2.28. The van der Waals surface area contributed by atoms with Crippen LogP contribution in [0.1, 0.15) is 34.1 Å². The molecule has 2 heteroatoms. The van der Waals surface area contributed by atoms with Gasteiger partial charge in [0.25, 0.3) is 0 Å². The van der Waals surface area contributed by atoms with Crippen molar-refractivity contribution < 1.29 is 9.90 Å². The quantitative estimate of drug-likeness (QED) is 0.659.